The number of hydrogen-bond donors (Lipinski definition) is 3. The number of hydrogen-bond acceptors (Lipinski definition) is 4. The van der Waals surface area contributed by atoms with Crippen molar-refractivity contribution in [3.05, 3.63) is 82.6 Å². The van der Waals surface area contributed by atoms with Crippen molar-refractivity contribution in [1.29, 1.82) is 0 Å². The number of amides is 3. The van der Waals surface area contributed by atoms with Gasteiger partial charge in [0.2, 0.25) is 0 Å². The summed E-state index contributed by atoms with van der Waals surface area (Å²) in [6.45, 7) is 2.48. The highest BCUT2D eigenvalue weighted by molar-refractivity contribution is 6.37. The molecule has 0 aliphatic carbocycles. The van der Waals surface area contributed by atoms with Crippen molar-refractivity contribution in [2.75, 3.05) is 35.2 Å². The molecule has 1 fully saturated rings. The third kappa shape index (κ3) is 6.18. The number of para-hydroxylation sites is 2. The Morgan fingerprint density at radius 2 is 1.62 bits per heavy atom. The fourth-order valence-electron chi connectivity index (χ4n) is 3.92. The Balaban J connectivity index is 1.29. The maximum Gasteiger partial charge on any atom is 0.319 e. The number of piperidine rings is 1. The van der Waals surface area contributed by atoms with E-state index in [-0.39, 0.29) is 11.1 Å². The molecule has 1 aromatic heterocycles. The van der Waals surface area contributed by atoms with Crippen LogP contribution in [-0.4, -0.2) is 36.6 Å². The van der Waals surface area contributed by atoms with E-state index < -0.39 is 5.91 Å². The smallest absolute Gasteiger partial charge is 0.319 e. The first-order valence-electron chi connectivity index (χ1n) is 11.0. The Labute approximate surface area is 208 Å². The second kappa shape index (κ2) is 11.2. The Morgan fingerprint density at radius 3 is 2.29 bits per heavy atom. The number of urea groups is 1. The zero-order chi connectivity index (χ0) is 23.9. The normalized spacial score (nSPS) is 13.9. The third-order valence-corrected chi connectivity index (χ3v) is 6.34. The van der Waals surface area contributed by atoms with Gasteiger partial charge in [0.25, 0.3) is 5.91 Å². The van der Waals surface area contributed by atoms with Gasteiger partial charge in [0.15, 0.2) is 0 Å². The van der Waals surface area contributed by atoms with E-state index in [0.717, 1.165) is 25.9 Å². The number of rotatable bonds is 6. The lowest BCUT2D eigenvalue weighted by Crippen LogP contribution is -2.39. The van der Waals surface area contributed by atoms with Gasteiger partial charge >= 0.3 is 6.03 Å². The summed E-state index contributed by atoms with van der Waals surface area (Å²) in [4.78, 5) is 31.6. The van der Waals surface area contributed by atoms with Gasteiger partial charge in [0, 0.05) is 42.7 Å². The predicted molar refractivity (Wildman–Crippen MR) is 137 cm³/mol. The summed E-state index contributed by atoms with van der Waals surface area (Å²) < 4.78 is 0. The van der Waals surface area contributed by atoms with Crippen LogP contribution in [0.25, 0.3) is 0 Å². The molecule has 3 aromatic rings. The summed E-state index contributed by atoms with van der Waals surface area (Å²) in [6, 6.07) is 15.4. The number of aromatic nitrogens is 1. The second-order valence-electron chi connectivity index (χ2n) is 8.09. The van der Waals surface area contributed by atoms with Crippen LogP contribution in [-0.2, 0) is 0 Å². The highest BCUT2D eigenvalue weighted by atomic mass is 35.5. The number of nitrogens with one attached hydrogen (secondary N) is 3. The van der Waals surface area contributed by atoms with Crippen molar-refractivity contribution in [2.45, 2.75) is 12.8 Å². The van der Waals surface area contributed by atoms with Crippen LogP contribution in [0.5, 0.6) is 0 Å². The molecule has 0 atom stereocenters. The molecular weight excluding hydrogens is 473 g/mol. The molecule has 3 amide bonds. The van der Waals surface area contributed by atoms with Crippen LogP contribution in [0.4, 0.5) is 21.9 Å². The SMILES string of the molecule is O=C(NCC1CCN(c2ccncc2)CC1)Nc1ccccc1NC(=O)c1ccc(Cl)cc1Cl. The van der Waals surface area contributed by atoms with Crippen LogP contribution in [0.15, 0.2) is 67.0 Å². The van der Waals surface area contributed by atoms with Crippen LogP contribution in [0.2, 0.25) is 10.0 Å². The summed E-state index contributed by atoms with van der Waals surface area (Å²) >= 11 is 12.1. The Morgan fingerprint density at radius 1 is 0.941 bits per heavy atom. The minimum atomic E-state index is -0.391. The maximum atomic E-state index is 12.7. The van der Waals surface area contributed by atoms with Crippen LogP contribution in [0, 0.1) is 5.92 Å². The third-order valence-electron chi connectivity index (χ3n) is 5.79. The van der Waals surface area contributed by atoms with Gasteiger partial charge in [0.1, 0.15) is 0 Å². The van der Waals surface area contributed by atoms with Crippen LogP contribution < -0.4 is 20.9 Å². The van der Waals surface area contributed by atoms with E-state index in [1.165, 1.54) is 11.8 Å². The van der Waals surface area contributed by atoms with Gasteiger partial charge in [0.05, 0.1) is 22.0 Å². The van der Waals surface area contributed by atoms with Gasteiger partial charge in [-0.15, -0.1) is 0 Å². The fourth-order valence-corrected chi connectivity index (χ4v) is 4.41. The van der Waals surface area contributed by atoms with Crippen molar-refractivity contribution in [3.63, 3.8) is 0 Å². The molecule has 0 radical (unpaired) electrons. The van der Waals surface area contributed by atoms with E-state index in [1.807, 2.05) is 12.1 Å². The van der Waals surface area contributed by atoms with Crippen LogP contribution >= 0.6 is 23.2 Å². The lowest BCUT2D eigenvalue weighted by Gasteiger charge is -2.33. The minimum absolute atomic E-state index is 0.253. The number of nitrogens with zero attached hydrogens (tertiary/aromatic N) is 2. The summed E-state index contributed by atoms with van der Waals surface area (Å²) in [6.07, 6.45) is 5.60. The molecule has 1 saturated heterocycles. The molecule has 176 valence electrons. The quantitative estimate of drug-likeness (QED) is 0.408. The molecule has 0 unspecified atom stereocenters. The Hall–Kier alpha value is -3.29. The van der Waals surface area contributed by atoms with Gasteiger partial charge in [-0.05, 0) is 61.2 Å². The first-order chi connectivity index (χ1) is 16.5. The summed E-state index contributed by atoms with van der Waals surface area (Å²) in [5.41, 5.74) is 2.44. The number of pyridine rings is 1. The topological polar surface area (TPSA) is 86.4 Å². The van der Waals surface area contributed by atoms with E-state index in [2.05, 4.69) is 25.8 Å². The molecule has 1 aliphatic rings. The summed E-state index contributed by atoms with van der Waals surface area (Å²) in [7, 11) is 0. The lowest BCUT2D eigenvalue weighted by atomic mass is 9.96. The summed E-state index contributed by atoms with van der Waals surface area (Å²) in [5.74, 6) is 0.0168. The number of carbonyl (C=O) groups is 2. The number of benzene rings is 2. The first kappa shape index (κ1) is 23.9. The molecular formula is C25H25Cl2N5O2. The van der Waals surface area contributed by atoms with Crippen molar-refractivity contribution in [2.24, 2.45) is 5.92 Å². The summed E-state index contributed by atoms with van der Waals surface area (Å²) in [5, 5.41) is 9.28. The van der Waals surface area contributed by atoms with E-state index in [1.54, 1.807) is 48.8 Å². The Bertz CT molecular complexity index is 1150. The van der Waals surface area contributed by atoms with E-state index >= 15 is 0 Å². The Kier molecular flexibility index (Phi) is 7.87. The molecule has 4 rings (SSSR count). The molecule has 3 N–H and O–H groups in total. The van der Waals surface area contributed by atoms with Crippen LogP contribution in [0.1, 0.15) is 23.2 Å². The maximum absolute atomic E-state index is 12.7. The van der Waals surface area contributed by atoms with Gasteiger partial charge in [-0.25, -0.2) is 4.79 Å². The van der Waals surface area contributed by atoms with Crippen LogP contribution in [0.3, 0.4) is 0 Å². The van der Waals surface area contributed by atoms with E-state index in [0.29, 0.717) is 34.4 Å². The van der Waals surface area contributed by atoms with Gasteiger partial charge in [-0.3, -0.25) is 9.78 Å². The van der Waals surface area contributed by atoms with Gasteiger partial charge in [-0.1, -0.05) is 35.3 Å². The number of halogens is 2. The van der Waals surface area contributed by atoms with Gasteiger partial charge in [-0.2, -0.15) is 0 Å². The second-order valence-corrected chi connectivity index (χ2v) is 8.94. The number of anilines is 3. The van der Waals surface area contributed by atoms with Gasteiger partial charge < -0.3 is 20.9 Å². The molecule has 2 aromatic carbocycles. The minimum Gasteiger partial charge on any atom is -0.371 e. The average molecular weight is 498 g/mol. The first-order valence-corrected chi connectivity index (χ1v) is 11.8. The largest absolute Gasteiger partial charge is 0.371 e. The molecule has 1 aliphatic heterocycles. The predicted octanol–water partition coefficient (Wildman–Crippen LogP) is 5.68. The van der Waals surface area contributed by atoms with Crippen molar-refractivity contribution >= 4 is 52.2 Å². The molecule has 0 bridgehead atoms. The van der Waals surface area contributed by atoms with Crippen molar-refractivity contribution < 1.29 is 9.59 Å². The molecule has 7 nitrogen and oxygen atoms in total. The van der Waals surface area contributed by atoms with Crippen molar-refractivity contribution in [1.82, 2.24) is 10.3 Å². The highest BCUT2D eigenvalue weighted by Crippen LogP contribution is 2.26. The lowest BCUT2D eigenvalue weighted by molar-refractivity contribution is 0.102. The average Bonchev–Trinajstić information content (AvgIpc) is 2.85. The molecule has 0 spiro atoms. The fraction of sp³-hybridized carbons (Fsp3) is 0.240. The molecule has 9 heteroatoms. The molecule has 2 heterocycles. The molecule has 34 heavy (non-hydrogen) atoms. The van der Waals surface area contributed by atoms with E-state index in [4.69, 9.17) is 23.2 Å². The number of carbonyl (C=O) groups excluding carboxylic acids is 2. The zero-order valence-corrected chi connectivity index (χ0v) is 19.9. The highest BCUT2D eigenvalue weighted by Gasteiger charge is 2.20. The monoisotopic (exact) mass is 497 g/mol. The van der Waals surface area contributed by atoms with Crippen molar-refractivity contribution in [3.8, 4) is 0 Å². The molecule has 0 saturated carbocycles. The standard InChI is InChI=1S/C25H25Cl2N5O2/c26-18-5-6-20(21(27)15-18)24(33)30-22-3-1-2-4-23(22)31-25(34)29-16-17-9-13-32(14-10-17)19-7-11-28-12-8-19/h1-8,11-12,15,17H,9-10,13-14,16H2,(H,30,33)(H2,29,31,34). The van der Waals surface area contributed by atoms with E-state index in [9.17, 15) is 9.59 Å². The zero-order valence-electron chi connectivity index (χ0n) is 18.4.